The van der Waals surface area contributed by atoms with Gasteiger partial charge in [-0.3, -0.25) is 0 Å². The standard InChI is InChI=1S/C16H24O2.C2H6/c1-4-6-8-15(7-5-2)13(3)18-16-10-9-14(11-16)12-17;1-2/h4-8,12-14,16H,9-11H2,1-3H3;1-2H3/b6-4-,7-5-,15-8+;/t13?,14-,16+;/m1./s1. The van der Waals surface area contributed by atoms with Crippen molar-refractivity contribution in [1.82, 2.24) is 0 Å². The van der Waals surface area contributed by atoms with Crippen LogP contribution in [0.2, 0.25) is 0 Å². The van der Waals surface area contributed by atoms with Crippen molar-refractivity contribution in [2.75, 3.05) is 0 Å². The monoisotopic (exact) mass is 278 g/mol. The maximum Gasteiger partial charge on any atom is 0.123 e. The van der Waals surface area contributed by atoms with E-state index in [1.54, 1.807) is 0 Å². The fourth-order valence-electron chi connectivity index (χ4n) is 2.31. The van der Waals surface area contributed by atoms with Crippen LogP contribution in [0.3, 0.4) is 0 Å². The summed E-state index contributed by atoms with van der Waals surface area (Å²) in [4.78, 5) is 10.7. The highest BCUT2D eigenvalue weighted by Gasteiger charge is 2.26. The molecule has 1 rings (SSSR count). The number of allylic oxidation sites excluding steroid dienone is 4. The normalized spacial score (nSPS) is 24.8. The predicted molar refractivity (Wildman–Crippen MR) is 86.8 cm³/mol. The second-order valence-electron chi connectivity index (χ2n) is 4.80. The predicted octanol–water partition coefficient (Wildman–Crippen LogP) is 4.86. The Balaban J connectivity index is 0.00000172. The van der Waals surface area contributed by atoms with Crippen molar-refractivity contribution < 1.29 is 9.53 Å². The van der Waals surface area contributed by atoms with Crippen LogP contribution in [-0.4, -0.2) is 18.5 Å². The Labute approximate surface area is 124 Å². The summed E-state index contributed by atoms with van der Waals surface area (Å²) in [5, 5.41) is 0. The van der Waals surface area contributed by atoms with Gasteiger partial charge in [0, 0.05) is 5.92 Å². The molecule has 1 unspecified atom stereocenters. The van der Waals surface area contributed by atoms with Gasteiger partial charge in [0.15, 0.2) is 0 Å². The number of hydrogen-bond acceptors (Lipinski definition) is 2. The van der Waals surface area contributed by atoms with Gasteiger partial charge < -0.3 is 9.53 Å². The molecule has 1 saturated carbocycles. The molecule has 0 aromatic rings. The number of ether oxygens (including phenoxy) is 1. The molecule has 0 amide bonds. The van der Waals surface area contributed by atoms with E-state index in [1.807, 2.05) is 45.9 Å². The lowest BCUT2D eigenvalue weighted by molar-refractivity contribution is -0.111. The summed E-state index contributed by atoms with van der Waals surface area (Å²) in [6.45, 7) is 10.1. The molecule has 3 atom stereocenters. The van der Waals surface area contributed by atoms with Crippen molar-refractivity contribution in [3.05, 3.63) is 36.0 Å². The number of hydrogen-bond donors (Lipinski definition) is 0. The fraction of sp³-hybridized carbons (Fsp3) is 0.611. The topological polar surface area (TPSA) is 26.3 Å². The molecule has 2 nitrogen and oxygen atoms in total. The van der Waals surface area contributed by atoms with Gasteiger partial charge in [0.05, 0.1) is 12.2 Å². The van der Waals surface area contributed by atoms with Gasteiger partial charge in [-0.2, -0.15) is 0 Å². The Bertz CT molecular complexity index is 339. The molecule has 20 heavy (non-hydrogen) atoms. The summed E-state index contributed by atoms with van der Waals surface area (Å²) in [5.74, 6) is 0.201. The smallest absolute Gasteiger partial charge is 0.123 e. The van der Waals surface area contributed by atoms with E-state index in [9.17, 15) is 4.79 Å². The van der Waals surface area contributed by atoms with E-state index in [0.29, 0.717) is 0 Å². The Morgan fingerprint density at radius 2 is 1.90 bits per heavy atom. The first-order valence-electron chi connectivity index (χ1n) is 7.77. The van der Waals surface area contributed by atoms with Gasteiger partial charge in [0.1, 0.15) is 6.29 Å². The zero-order valence-corrected chi connectivity index (χ0v) is 13.6. The van der Waals surface area contributed by atoms with Crippen LogP contribution in [0.4, 0.5) is 0 Å². The molecule has 0 aromatic carbocycles. The van der Waals surface area contributed by atoms with Crippen molar-refractivity contribution in [3.8, 4) is 0 Å². The van der Waals surface area contributed by atoms with E-state index in [0.717, 1.165) is 25.5 Å². The van der Waals surface area contributed by atoms with E-state index in [2.05, 4.69) is 19.1 Å². The highest BCUT2D eigenvalue weighted by molar-refractivity contribution is 5.54. The largest absolute Gasteiger partial charge is 0.371 e. The number of carbonyl (C=O) groups is 1. The zero-order chi connectivity index (χ0) is 15.4. The van der Waals surface area contributed by atoms with Crippen LogP contribution < -0.4 is 0 Å². The lowest BCUT2D eigenvalue weighted by Crippen LogP contribution is -2.19. The Hall–Kier alpha value is -1.15. The Morgan fingerprint density at radius 1 is 1.20 bits per heavy atom. The van der Waals surface area contributed by atoms with Gasteiger partial charge in [0.25, 0.3) is 0 Å². The van der Waals surface area contributed by atoms with Crippen molar-refractivity contribution in [2.45, 2.75) is 66.1 Å². The lowest BCUT2D eigenvalue weighted by Gasteiger charge is -2.19. The molecule has 114 valence electrons. The molecule has 0 radical (unpaired) electrons. The molecular weight excluding hydrogens is 248 g/mol. The quantitative estimate of drug-likeness (QED) is 0.512. The zero-order valence-electron chi connectivity index (χ0n) is 13.6. The molecule has 1 aliphatic rings. The third kappa shape index (κ3) is 6.85. The third-order valence-electron chi connectivity index (χ3n) is 3.32. The van der Waals surface area contributed by atoms with E-state index in [-0.39, 0.29) is 18.1 Å². The van der Waals surface area contributed by atoms with Crippen LogP contribution in [0, 0.1) is 5.92 Å². The molecule has 0 heterocycles. The van der Waals surface area contributed by atoms with Crippen LogP contribution in [-0.2, 0) is 9.53 Å². The molecule has 1 aliphatic carbocycles. The number of rotatable bonds is 6. The first kappa shape index (κ1) is 18.9. The highest BCUT2D eigenvalue weighted by atomic mass is 16.5. The third-order valence-corrected chi connectivity index (χ3v) is 3.32. The molecule has 0 saturated heterocycles. The average molecular weight is 278 g/mol. The van der Waals surface area contributed by atoms with Gasteiger partial charge in [-0.25, -0.2) is 0 Å². The second-order valence-corrected chi connectivity index (χ2v) is 4.80. The van der Waals surface area contributed by atoms with Crippen LogP contribution in [0.25, 0.3) is 0 Å². The maximum absolute atomic E-state index is 10.7. The number of aldehydes is 1. The van der Waals surface area contributed by atoms with Crippen molar-refractivity contribution >= 4 is 6.29 Å². The van der Waals surface area contributed by atoms with Crippen LogP contribution in [0.1, 0.15) is 53.9 Å². The van der Waals surface area contributed by atoms with Gasteiger partial charge in [-0.05, 0) is 45.6 Å². The minimum Gasteiger partial charge on any atom is -0.371 e. The first-order valence-corrected chi connectivity index (χ1v) is 7.77. The van der Waals surface area contributed by atoms with E-state index < -0.39 is 0 Å². The summed E-state index contributed by atoms with van der Waals surface area (Å²) < 4.78 is 6.04. The van der Waals surface area contributed by atoms with E-state index >= 15 is 0 Å². The minimum atomic E-state index is 0.0767. The van der Waals surface area contributed by atoms with E-state index in [1.165, 1.54) is 5.57 Å². The van der Waals surface area contributed by atoms with Gasteiger partial charge in [0.2, 0.25) is 0 Å². The summed E-state index contributed by atoms with van der Waals surface area (Å²) in [6.07, 6.45) is 14.4. The SMILES string of the molecule is CC.C\C=C/C=C(\C=C/C)C(C)O[C@H]1CC[C@@H](C=O)C1. The molecule has 0 aliphatic heterocycles. The van der Waals surface area contributed by atoms with Crippen LogP contribution in [0.5, 0.6) is 0 Å². The lowest BCUT2D eigenvalue weighted by atomic mass is 10.1. The van der Waals surface area contributed by atoms with Crippen molar-refractivity contribution in [3.63, 3.8) is 0 Å². The molecule has 0 aromatic heterocycles. The van der Waals surface area contributed by atoms with Crippen LogP contribution >= 0.6 is 0 Å². The summed E-state index contributed by atoms with van der Waals surface area (Å²) in [7, 11) is 0. The first-order chi connectivity index (χ1) is 9.71. The van der Waals surface area contributed by atoms with Crippen molar-refractivity contribution in [2.24, 2.45) is 5.92 Å². The molecule has 2 heteroatoms. The van der Waals surface area contributed by atoms with E-state index in [4.69, 9.17) is 4.74 Å². The molecule has 0 bridgehead atoms. The second kappa shape index (κ2) is 11.7. The fourth-order valence-corrected chi connectivity index (χ4v) is 2.31. The van der Waals surface area contributed by atoms with Gasteiger partial charge in [-0.1, -0.05) is 44.2 Å². The van der Waals surface area contributed by atoms with Gasteiger partial charge in [-0.15, -0.1) is 0 Å². The highest BCUT2D eigenvalue weighted by Crippen LogP contribution is 2.28. The molecule has 0 N–H and O–H groups in total. The van der Waals surface area contributed by atoms with Gasteiger partial charge >= 0.3 is 0 Å². The summed E-state index contributed by atoms with van der Waals surface area (Å²) >= 11 is 0. The minimum absolute atomic E-state index is 0.0767. The molecular formula is C18H30O2. The summed E-state index contributed by atoms with van der Waals surface area (Å²) in [5.41, 5.74) is 1.17. The average Bonchev–Trinajstić information content (AvgIpc) is 2.93. The molecule has 1 fully saturated rings. The maximum atomic E-state index is 10.7. The summed E-state index contributed by atoms with van der Waals surface area (Å²) in [6, 6.07) is 0. The number of carbonyl (C=O) groups excluding carboxylic acids is 1. The van der Waals surface area contributed by atoms with Crippen molar-refractivity contribution in [1.29, 1.82) is 0 Å². The molecule has 0 spiro atoms. The Morgan fingerprint density at radius 3 is 2.40 bits per heavy atom. The Kier molecular flexibility index (Phi) is 11.0. The van der Waals surface area contributed by atoms with Crippen LogP contribution in [0.15, 0.2) is 36.0 Å².